The number of rotatable bonds is 4. The standard InChI is InChI=1S/C21H35IO4SSi2/c1-19(2,3)28(7,8)25-16-14-12-21(18(23)24-14,13-11-15(22)27-17(13)16)26-29(9,10)20(4,5)6/h11,14,16H,12H2,1-10H3/t14-,16+,21-/m1/s1. The molecule has 2 aliphatic rings. The van der Waals surface area contributed by atoms with E-state index in [0.717, 1.165) is 13.3 Å². The molecule has 29 heavy (non-hydrogen) atoms. The van der Waals surface area contributed by atoms with Gasteiger partial charge < -0.3 is 13.6 Å². The highest BCUT2D eigenvalue weighted by Gasteiger charge is 2.63. The predicted molar refractivity (Wildman–Crippen MR) is 133 cm³/mol. The highest BCUT2D eigenvalue weighted by atomic mass is 127. The lowest BCUT2D eigenvalue weighted by Crippen LogP contribution is -2.52. The van der Waals surface area contributed by atoms with E-state index in [1.165, 1.54) is 0 Å². The Hall–Kier alpha value is 0.254. The lowest BCUT2D eigenvalue weighted by molar-refractivity contribution is -0.155. The van der Waals surface area contributed by atoms with E-state index in [9.17, 15) is 4.79 Å². The Morgan fingerprint density at radius 3 is 2.17 bits per heavy atom. The molecule has 0 aromatic carbocycles. The molecule has 0 N–H and O–H groups in total. The first kappa shape index (κ1) is 23.9. The minimum atomic E-state index is -2.19. The summed E-state index contributed by atoms with van der Waals surface area (Å²) in [4.78, 5) is 14.4. The maximum absolute atomic E-state index is 13.3. The van der Waals surface area contributed by atoms with Crippen LogP contribution in [0.4, 0.5) is 0 Å². The van der Waals surface area contributed by atoms with E-state index >= 15 is 0 Å². The summed E-state index contributed by atoms with van der Waals surface area (Å²) >= 11 is 4.07. The van der Waals surface area contributed by atoms with Crippen LogP contribution >= 0.6 is 33.9 Å². The minimum Gasteiger partial charge on any atom is -0.457 e. The van der Waals surface area contributed by atoms with Crippen molar-refractivity contribution >= 4 is 56.5 Å². The maximum Gasteiger partial charge on any atom is 0.342 e. The monoisotopic (exact) mass is 566 g/mol. The number of ether oxygens (including phenoxy) is 1. The number of carbonyl (C=O) groups is 1. The highest BCUT2D eigenvalue weighted by Crippen LogP contribution is 2.57. The molecule has 1 saturated heterocycles. The molecule has 164 valence electrons. The van der Waals surface area contributed by atoms with Crippen LogP contribution in [0.25, 0.3) is 0 Å². The molecule has 0 amide bonds. The van der Waals surface area contributed by atoms with Gasteiger partial charge in [-0.3, -0.25) is 0 Å². The molecule has 3 atom stereocenters. The fourth-order valence-electron chi connectivity index (χ4n) is 3.45. The van der Waals surface area contributed by atoms with Crippen molar-refractivity contribution in [2.75, 3.05) is 0 Å². The van der Waals surface area contributed by atoms with E-state index in [1.54, 1.807) is 11.3 Å². The third-order valence-electron chi connectivity index (χ3n) is 7.30. The normalized spacial score (nSPS) is 27.8. The molecule has 0 spiro atoms. The van der Waals surface area contributed by atoms with E-state index < -0.39 is 22.2 Å². The molecule has 2 heterocycles. The Balaban J connectivity index is 2.08. The lowest BCUT2D eigenvalue weighted by atomic mass is 9.83. The lowest BCUT2D eigenvalue weighted by Gasteiger charge is -2.45. The van der Waals surface area contributed by atoms with Gasteiger partial charge in [0.2, 0.25) is 0 Å². The van der Waals surface area contributed by atoms with Crippen LogP contribution in [0.2, 0.25) is 36.3 Å². The van der Waals surface area contributed by atoms with Gasteiger partial charge in [-0.1, -0.05) is 41.5 Å². The first-order chi connectivity index (χ1) is 12.9. The zero-order chi connectivity index (χ0) is 22.2. The van der Waals surface area contributed by atoms with Crippen molar-refractivity contribution in [1.29, 1.82) is 0 Å². The van der Waals surface area contributed by atoms with E-state index in [2.05, 4.69) is 96.4 Å². The Labute approximate surface area is 195 Å². The molecule has 1 fully saturated rings. The second-order valence-electron chi connectivity index (χ2n) is 11.5. The second-order valence-corrected chi connectivity index (χ2v) is 23.9. The van der Waals surface area contributed by atoms with E-state index in [4.69, 9.17) is 13.6 Å². The summed E-state index contributed by atoms with van der Waals surface area (Å²) in [6, 6.07) is 2.12. The van der Waals surface area contributed by atoms with Crippen LogP contribution < -0.4 is 0 Å². The Morgan fingerprint density at radius 2 is 1.66 bits per heavy atom. The van der Waals surface area contributed by atoms with Crippen LogP contribution in [0, 0.1) is 2.88 Å². The Morgan fingerprint density at radius 1 is 1.10 bits per heavy atom. The summed E-state index contributed by atoms with van der Waals surface area (Å²) in [7, 11) is -4.22. The maximum atomic E-state index is 13.3. The number of fused-ring (bicyclic) bond motifs is 4. The molecule has 2 bridgehead atoms. The summed E-state index contributed by atoms with van der Waals surface area (Å²) < 4.78 is 20.8. The molecular weight excluding hydrogens is 531 g/mol. The van der Waals surface area contributed by atoms with Crippen LogP contribution in [-0.4, -0.2) is 28.7 Å². The van der Waals surface area contributed by atoms with Gasteiger partial charge in [0.05, 0.1) is 2.88 Å². The molecular formula is C21H35IO4SSi2. The average Bonchev–Trinajstić information content (AvgIpc) is 3.02. The molecule has 1 aromatic rings. The van der Waals surface area contributed by atoms with Gasteiger partial charge in [0.25, 0.3) is 0 Å². The fourth-order valence-corrected chi connectivity index (χ4v) is 8.31. The second kappa shape index (κ2) is 7.13. The molecule has 1 aromatic heterocycles. The Bertz CT molecular complexity index is 822. The first-order valence-electron chi connectivity index (χ1n) is 10.3. The molecule has 3 rings (SSSR count). The van der Waals surface area contributed by atoms with Crippen molar-refractivity contribution in [1.82, 2.24) is 0 Å². The van der Waals surface area contributed by atoms with Gasteiger partial charge in [-0.05, 0) is 64.9 Å². The van der Waals surface area contributed by atoms with Crippen molar-refractivity contribution in [3.63, 3.8) is 0 Å². The Kier molecular flexibility index (Phi) is 5.88. The molecule has 0 saturated carbocycles. The van der Waals surface area contributed by atoms with Gasteiger partial charge in [0, 0.05) is 16.9 Å². The van der Waals surface area contributed by atoms with Crippen molar-refractivity contribution in [2.24, 2.45) is 0 Å². The smallest absolute Gasteiger partial charge is 0.342 e. The van der Waals surface area contributed by atoms with Gasteiger partial charge in [0.1, 0.15) is 12.2 Å². The number of carbonyl (C=O) groups excluding carboxylic acids is 1. The van der Waals surface area contributed by atoms with Crippen LogP contribution in [0.1, 0.15) is 64.5 Å². The first-order valence-corrected chi connectivity index (χ1v) is 18.0. The third kappa shape index (κ3) is 3.95. The SMILES string of the molecule is CC(C)(C)[Si](C)(C)O[C@@H]1c2sc(I)cc2[C@]2(O[Si](C)(C)C(C)(C)C)C[C@H]1OC2=O. The highest BCUT2D eigenvalue weighted by molar-refractivity contribution is 14.1. The number of hydrogen-bond acceptors (Lipinski definition) is 5. The zero-order valence-corrected chi connectivity index (χ0v) is 24.3. The zero-order valence-electron chi connectivity index (χ0n) is 19.4. The quantitative estimate of drug-likeness (QED) is 0.225. The van der Waals surface area contributed by atoms with Gasteiger partial charge in [0.15, 0.2) is 22.2 Å². The van der Waals surface area contributed by atoms with Crippen LogP contribution in [0.3, 0.4) is 0 Å². The topological polar surface area (TPSA) is 44.8 Å². The number of thiophene rings is 1. The van der Waals surface area contributed by atoms with Crippen LogP contribution in [0.15, 0.2) is 6.07 Å². The van der Waals surface area contributed by atoms with Crippen LogP contribution in [-0.2, 0) is 24.0 Å². The number of hydrogen-bond donors (Lipinski definition) is 0. The van der Waals surface area contributed by atoms with E-state index in [1.807, 2.05) is 0 Å². The fraction of sp³-hybridized carbons (Fsp3) is 0.762. The summed E-state index contributed by atoms with van der Waals surface area (Å²) in [5.74, 6) is -0.232. The molecule has 1 aliphatic heterocycles. The van der Waals surface area contributed by atoms with E-state index in [0.29, 0.717) is 6.42 Å². The molecule has 0 radical (unpaired) electrons. The van der Waals surface area contributed by atoms with Crippen molar-refractivity contribution in [2.45, 2.75) is 102 Å². The van der Waals surface area contributed by atoms with Gasteiger partial charge in [-0.2, -0.15) is 0 Å². The molecule has 0 unspecified atom stereocenters. The number of esters is 1. The van der Waals surface area contributed by atoms with Gasteiger partial charge >= 0.3 is 5.97 Å². The van der Waals surface area contributed by atoms with Gasteiger partial charge in [-0.25, -0.2) is 4.79 Å². The summed E-state index contributed by atoms with van der Waals surface area (Å²) in [6.45, 7) is 22.3. The van der Waals surface area contributed by atoms with Crippen LogP contribution in [0.5, 0.6) is 0 Å². The predicted octanol–water partition coefficient (Wildman–Crippen LogP) is 6.96. The van der Waals surface area contributed by atoms with Crippen molar-refractivity contribution in [3.8, 4) is 0 Å². The number of halogens is 1. The largest absolute Gasteiger partial charge is 0.457 e. The summed E-state index contributed by atoms with van der Waals surface area (Å²) in [5.41, 5.74) is 0.00938. The van der Waals surface area contributed by atoms with Crippen molar-refractivity contribution in [3.05, 3.63) is 19.4 Å². The van der Waals surface area contributed by atoms with E-state index in [-0.39, 0.29) is 28.3 Å². The van der Waals surface area contributed by atoms with Gasteiger partial charge in [-0.15, -0.1) is 11.3 Å². The minimum absolute atomic E-state index is 0.0118. The summed E-state index contributed by atoms with van der Waals surface area (Å²) in [6.07, 6.45) is 0.0857. The molecule has 4 nitrogen and oxygen atoms in total. The third-order valence-corrected chi connectivity index (χ3v) is 18.2. The average molecular weight is 567 g/mol. The summed E-state index contributed by atoms with van der Waals surface area (Å²) in [5, 5.41) is 0.101. The van der Waals surface area contributed by atoms with Crippen molar-refractivity contribution < 1.29 is 18.4 Å². The molecule has 8 heteroatoms. The molecule has 1 aliphatic carbocycles.